The Morgan fingerprint density at radius 3 is 2.50 bits per heavy atom. The SMILES string of the molecule is C[CH2][Hg][c]1ccccc1C(=O)[O-].[Na+].[SH-]. The van der Waals surface area contributed by atoms with Crippen molar-refractivity contribution in [2.75, 3.05) is 0 Å². The molecule has 0 heterocycles. The Labute approximate surface area is 126 Å². The van der Waals surface area contributed by atoms with Crippen LogP contribution in [0.2, 0.25) is 3.93 Å². The summed E-state index contributed by atoms with van der Waals surface area (Å²) < 4.78 is 2.25. The molecular weight excluding hydrogens is 396 g/mol. The predicted octanol–water partition coefficient (Wildman–Crippen LogP) is -3.07. The maximum absolute atomic E-state index is 10.6. The van der Waals surface area contributed by atoms with Crippen LogP contribution in [-0.2, 0) is 38.1 Å². The fourth-order valence-corrected chi connectivity index (χ4v) is 6.54. The molecule has 0 N–H and O–H groups in total. The van der Waals surface area contributed by atoms with Crippen molar-refractivity contribution < 1.29 is 64.0 Å². The molecule has 5 heteroatoms. The Morgan fingerprint density at radius 2 is 2.00 bits per heavy atom. The van der Waals surface area contributed by atoms with Gasteiger partial charge in [0, 0.05) is 0 Å². The van der Waals surface area contributed by atoms with E-state index in [1.54, 1.807) is 12.1 Å². The fraction of sp³-hybridized carbons (Fsp3) is 0.222. The van der Waals surface area contributed by atoms with Crippen LogP contribution in [0.5, 0.6) is 0 Å². The van der Waals surface area contributed by atoms with Crippen molar-refractivity contribution in [3.05, 3.63) is 29.8 Å². The van der Waals surface area contributed by atoms with Gasteiger partial charge in [-0.1, -0.05) is 0 Å². The van der Waals surface area contributed by atoms with E-state index in [2.05, 4.69) is 6.92 Å². The summed E-state index contributed by atoms with van der Waals surface area (Å²) in [4.78, 5) is 10.6. The number of benzene rings is 1. The van der Waals surface area contributed by atoms with Crippen LogP contribution in [0.1, 0.15) is 17.3 Å². The molecule has 0 bridgehead atoms. The molecular formula is C9H10HgNaO2S-. The van der Waals surface area contributed by atoms with Gasteiger partial charge in [-0.05, 0) is 0 Å². The molecule has 1 rings (SSSR count). The molecule has 0 saturated carbocycles. The molecule has 0 aromatic heterocycles. The van der Waals surface area contributed by atoms with Crippen molar-refractivity contribution in [2.24, 2.45) is 0 Å². The quantitative estimate of drug-likeness (QED) is 0.304. The maximum atomic E-state index is 10.6. The van der Waals surface area contributed by atoms with Crippen LogP contribution in [0.15, 0.2) is 24.3 Å². The number of hydrogen-bond acceptors (Lipinski definition) is 3. The summed E-state index contributed by atoms with van der Waals surface area (Å²) in [5.41, 5.74) is 0.418. The number of rotatable bonds is 3. The van der Waals surface area contributed by atoms with Crippen LogP contribution in [0, 0.1) is 0 Å². The van der Waals surface area contributed by atoms with E-state index < -0.39 is 30.5 Å². The van der Waals surface area contributed by atoms with Gasteiger partial charge in [-0.25, -0.2) is 0 Å². The van der Waals surface area contributed by atoms with Gasteiger partial charge in [0.25, 0.3) is 0 Å². The molecule has 0 aliphatic carbocycles. The van der Waals surface area contributed by atoms with Crippen LogP contribution in [0.4, 0.5) is 0 Å². The molecule has 1 aromatic carbocycles. The van der Waals surface area contributed by atoms with Gasteiger partial charge in [-0.2, -0.15) is 0 Å². The zero-order chi connectivity index (χ0) is 8.97. The normalized spacial score (nSPS) is 7.79. The van der Waals surface area contributed by atoms with E-state index in [1.165, 1.54) is 3.93 Å². The van der Waals surface area contributed by atoms with Gasteiger partial charge in [0.1, 0.15) is 0 Å². The van der Waals surface area contributed by atoms with Crippen molar-refractivity contribution >= 4 is 22.5 Å². The van der Waals surface area contributed by atoms with E-state index in [1.807, 2.05) is 12.1 Å². The molecule has 0 atom stereocenters. The Morgan fingerprint density at radius 1 is 1.43 bits per heavy atom. The first kappa shape index (κ1) is 17.4. The van der Waals surface area contributed by atoms with E-state index in [9.17, 15) is 9.90 Å². The van der Waals surface area contributed by atoms with Gasteiger partial charge < -0.3 is 13.5 Å². The minimum atomic E-state index is -1.11. The molecule has 0 spiro atoms. The smallest absolute Gasteiger partial charge is 0.813 e. The number of aromatic carboxylic acids is 1. The maximum Gasteiger partial charge on any atom is 1.00 e. The summed E-state index contributed by atoms with van der Waals surface area (Å²) in [6.07, 6.45) is 0. The summed E-state index contributed by atoms with van der Waals surface area (Å²) in [6.45, 7) is 2.12. The summed E-state index contributed by atoms with van der Waals surface area (Å²) in [7, 11) is 0. The molecule has 1 aromatic rings. The van der Waals surface area contributed by atoms with Gasteiger partial charge in [-0.3, -0.25) is 0 Å². The minimum absolute atomic E-state index is 0. The summed E-state index contributed by atoms with van der Waals surface area (Å²) in [5, 5.41) is 10.6. The molecule has 2 nitrogen and oxygen atoms in total. The largest absolute Gasteiger partial charge is 1.00 e. The third-order valence-electron chi connectivity index (χ3n) is 1.76. The van der Waals surface area contributed by atoms with Gasteiger partial charge in [-0.15, -0.1) is 0 Å². The topological polar surface area (TPSA) is 40.1 Å². The molecule has 0 unspecified atom stereocenters. The third kappa shape index (κ3) is 5.17. The molecule has 14 heavy (non-hydrogen) atoms. The first-order chi connectivity index (χ1) is 5.75. The minimum Gasteiger partial charge on any atom is -0.813 e. The van der Waals surface area contributed by atoms with Crippen LogP contribution in [0.3, 0.4) is 0 Å². The van der Waals surface area contributed by atoms with E-state index in [0.717, 1.165) is 3.07 Å². The Kier molecular flexibility index (Phi) is 11.4. The molecule has 0 fully saturated rings. The second-order valence-electron chi connectivity index (χ2n) is 2.69. The Hall–Kier alpha value is 0.975. The predicted molar refractivity (Wildman–Crippen MR) is 49.6 cm³/mol. The van der Waals surface area contributed by atoms with Crippen molar-refractivity contribution in [1.82, 2.24) is 0 Å². The van der Waals surface area contributed by atoms with E-state index in [-0.39, 0.29) is 43.1 Å². The monoisotopic (exact) mass is 407 g/mol. The average molecular weight is 406 g/mol. The Bertz CT molecular complexity index is 294. The van der Waals surface area contributed by atoms with Gasteiger partial charge in [0.2, 0.25) is 0 Å². The van der Waals surface area contributed by atoms with E-state index in [0.29, 0.717) is 5.56 Å². The first-order valence-electron chi connectivity index (χ1n) is 4.05. The molecule has 0 radical (unpaired) electrons. The molecule has 0 saturated heterocycles. The van der Waals surface area contributed by atoms with Crippen LogP contribution >= 0.6 is 0 Å². The van der Waals surface area contributed by atoms with Gasteiger partial charge >= 0.3 is 114 Å². The van der Waals surface area contributed by atoms with Crippen LogP contribution in [-0.4, -0.2) is 5.97 Å². The van der Waals surface area contributed by atoms with Crippen LogP contribution in [0.25, 0.3) is 0 Å². The number of carbonyl (C=O) groups is 1. The standard InChI is InChI=1S/C7H5O2.C2H5.Hg.Na.H2S/c8-7(9)6-4-2-1-3-5-6;1-2;;;/h1-4H,(H,8,9);1H2,2H3;;;1H2/q;;;+1;/p-2. The Balaban J connectivity index is 0. The molecule has 0 aliphatic heterocycles. The van der Waals surface area contributed by atoms with Crippen molar-refractivity contribution in [3.8, 4) is 0 Å². The average Bonchev–Trinajstić information content (AvgIpc) is 2.05. The van der Waals surface area contributed by atoms with Gasteiger partial charge in [0.15, 0.2) is 0 Å². The summed E-state index contributed by atoms with van der Waals surface area (Å²) in [5.74, 6) is -1.03. The number of carboxylic acids is 1. The third-order valence-corrected chi connectivity index (χ3v) is 8.19. The molecule has 0 aliphatic rings. The fourth-order valence-electron chi connectivity index (χ4n) is 1.21. The number of thiol groups is 1. The molecule has 0 amide bonds. The second kappa shape index (κ2) is 9.22. The van der Waals surface area contributed by atoms with Crippen molar-refractivity contribution in [2.45, 2.75) is 10.9 Å². The number of carboxylic acid groups (broad SMARTS) is 1. The van der Waals surface area contributed by atoms with Gasteiger partial charge in [0.05, 0.1) is 0 Å². The second-order valence-corrected chi connectivity index (χ2v) is 11.5. The number of hydrogen-bond donors (Lipinski definition) is 0. The summed E-state index contributed by atoms with van der Waals surface area (Å²) in [6, 6.07) is 7.21. The first-order valence-corrected chi connectivity index (χ1v) is 10.7. The van der Waals surface area contributed by atoms with Crippen LogP contribution < -0.4 is 37.7 Å². The molecule has 68 valence electrons. The van der Waals surface area contributed by atoms with Crippen molar-refractivity contribution in [1.29, 1.82) is 0 Å². The summed E-state index contributed by atoms with van der Waals surface area (Å²) >= 11 is -1.11. The zero-order valence-corrected chi connectivity index (χ0v) is 16.9. The zero-order valence-electron chi connectivity index (χ0n) is 8.49. The van der Waals surface area contributed by atoms with Crippen molar-refractivity contribution in [3.63, 3.8) is 0 Å². The number of carbonyl (C=O) groups excluding carboxylic acids is 1. The van der Waals surface area contributed by atoms with E-state index >= 15 is 0 Å². The van der Waals surface area contributed by atoms with E-state index in [4.69, 9.17) is 0 Å².